The Kier molecular flexibility index (Phi) is 4.90. The van der Waals surface area contributed by atoms with Gasteiger partial charge >= 0.3 is 0 Å². The summed E-state index contributed by atoms with van der Waals surface area (Å²) in [5.41, 5.74) is 3.95. The lowest BCUT2D eigenvalue weighted by molar-refractivity contribution is 0.227. The van der Waals surface area contributed by atoms with E-state index in [9.17, 15) is 0 Å². The zero-order valence-electron chi connectivity index (χ0n) is 13.0. The third kappa shape index (κ3) is 3.22. The van der Waals surface area contributed by atoms with E-state index in [1.54, 1.807) is 14.2 Å². The fraction of sp³-hybridized carbons (Fsp3) is 0.533. The molecule has 1 fully saturated rings. The van der Waals surface area contributed by atoms with Crippen LogP contribution in [0.3, 0.4) is 0 Å². The van der Waals surface area contributed by atoms with Crippen LogP contribution in [0.25, 0.3) is 0 Å². The Bertz CT molecular complexity index is 524. The van der Waals surface area contributed by atoms with Crippen LogP contribution in [0.15, 0.2) is 18.2 Å². The molecule has 1 aliphatic heterocycles. The van der Waals surface area contributed by atoms with E-state index in [4.69, 9.17) is 21.7 Å². The average molecular weight is 309 g/mol. The molecular weight excluding hydrogens is 286 g/mol. The Hall–Kier alpha value is -1.53. The Labute approximate surface area is 131 Å². The number of benzene rings is 1. The maximum Gasteiger partial charge on any atom is 0.185 e. The second-order valence-electron chi connectivity index (χ2n) is 5.24. The highest BCUT2D eigenvalue weighted by atomic mass is 32.1. The molecule has 1 aliphatic rings. The summed E-state index contributed by atoms with van der Waals surface area (Å²) in [5, 5.41) is 6.04. The molecule has 1 heterocycles. The van der Waals surface area contributed by atoms with Gasteiger partial charge in [0.15, 0.2) is 5.11 Å². The summed E-state index contributed by atoms with van der Waals surface area (Å²) in [6, 6.07) is 5.79. The number of methoxy groups -OCH3 is 2. The SMILES string of the molecule is CCCCN1N[C@@](C)(c2ccc(OC)cc2OC)NC1=S. The van der Waals surface area contributed by atoms with Crippen LogP contribution in [0.2, 0.25) is 0 Å². The highest BCUT2D eigenvalue weighted by Crippen LogP contribution is 2.33. The highest BCUT2D eigenvalue weighted by molar-refractivity contribution is 7.80. The molecule has 1 atom stereocenters. The van der Waals surface area contributed by atoms with Gasteiger partial charge in [0, 0.05) is 18.2 Å². The molecule has 1 aromatic carbocycles. The van der Waals surface area contributed by atoms with E-state index >= 15 is 0 Å². The zero-order valence-corrected chi connectivity index (χ0v) is 13.8. The molecule has 0 aromatic heterocycles. The molecule has 0 unspecified atom stereocenters. The van der Waals surface area contributed by atoms with Crippen molar-refractivity contribution in [1.82, 2.24) is 15.8 Å². The smallest absolute Gasteiger partial charge is 0.185 e. The van der Waals surface area contributed by atoms with E-state index in [1.165, 1.54) is 0 Å². The molecule has 116 valence electrons. The van der Waals surface area contributed by atoms with Crippen molar-refractivity contribution in [1.29, 1.82) is 0 Å². The number of unbranched alkanes of at least 4 members (excludes halogenated alkanes) is 1. The Morgan fingerprint density at radius 2 is 2.05 bits per heavy atom. The molecule has 5 nitrogen and oxygen atoms in total. The van der Waals surface area contributed by atoms with Crippen molar-refractivity contribution in [3.05, 3.63) is 23.8 Å². The lowest BCUT2D eigenvalue weighted by Gasteiger charge is -2.27. The molecule has 21 heavy (non-hydrogen) atoms. The number of nitrogens with one attached hydrogen (secondary N) is 2. The van der Waals surface area contributed by atoms with Crippen LogP contribution in [0.4, 0.5) is 0 Å². The molecule has 2 N–H and O–H groups in total. The second kappa shape index (κ2) is 6.49. The molecule has 0 bridgehead atoms. The largest absolute Gasteiger partial charge is 0.497 e. The van der Waals surface area contributed by atoms with Crippen molar-refractivity contribution >= 4 is 17.3 Å². The topological polar surface area (TPSA) is 45.8 Å². The van der Waals surface area contributed by atoms with Crippen LogP contribution in [0.1, 0.15) is 32.3 Å². The van der Waals surface area contributed by atoms with E-state index in [0.29, 0.717) is 5.11 Å². The quantitative estimate of drug-likeness (QED) is 0.787. The van der Waals surface area contributed by atoms with E-state index in [1.807, 2.05) is 23.2 Å². The van der Waals surface area contributed by atoms with E-state index in [0.717, 1.165) is 36.4 Å². The summed E-state index contributed by atoms with van der Waals surface area (Å²) in [6.45, 7) is 5.10. The molecule has 1 saturated heterocycles. The summed E-state index contributed by atoms with van der Waals surface area (Å²) in [4.78, 5) is 0. The number of rotatable bonds is 6. The first-order valence-corrected chi connectivity index (χ1v) is 7.55. The van der Waals surface area contributed by atoms with Gasteiger partial charge in [0.25, 0.3) is 0 Å². The molecule has 0 aliphatic carbocycles. The van der Waals surface area contributed by atoms with Crippen molar-refractivity contribution in [2.24, 2.45) is 0 Å². The Balaban J connectivity index is 2.26. The molecule has 0 saturated carbocycles. The lowest BCUT2D eigenvalue weighted by Crippen LogP contribution is -2.46. The van der Waals surface area contributed by atoms with E-state index < -0.39 is 5.66 Å². The molecule has 6 heteroatoms. The molecule has 0 amide bonds. The van der Waals surface area contributed by atoms with Crippen LogP contribution in [0.5, 0.6) is 11.5 Å². The molecule has 0 spiro atoms. The first kappa shape index (κ1) is 15.9. The number of thiocarbonyl (C=S) groups is 1. The van der Waals surface area contributed by atoms with Gasteiger partial charge in [-0.25, -0.2) is 5.43 Å². The van der Waals surface area contributed by atoms with Gasteiger partial charge in [-0.3, -0.25) is 5.01 Å². The minimum atomic E-state index is -0.484. The van der Waals surface area contributed by atoms with Crippen LogP contribution in [0, 0.1) is 0 Å². The first-order chi connectivity index (χ1) is 10.0. The summed E-state index contributed by atoms with van der Waals surface area (Å²) in [7, 11) is 3.30. The summed E-state index contributed by atoms with van der Waals surface area (Å²) in [5.74, 6) is 1.53. The maximum absolute atomic E-state index is 5.50. The number of hydrogen-bond donors (Lipinski definition) is 2. The Morgan fingerprint density at radius 1 is 1.29 bits per heavy atom. The van der Waals surface area contributed by atoms with Gasteiger partial charge < -0.3 is 14.8 Å². The number of nitrogens with zero attached hydrogens (tertiary/aromatic N) is 1. The fourth-order valence-electron chi connectivity index (χ4n) is 2.44. The zero-order chi connectivity index (χ0) is 15.5. The van der Waals surface area contributed by atoms with Crippen molar-refractivity contribution in [2.75, 3.05) is 20.8 Å². The monoisotopic (exact) mass is 309 g/mol. The number of hydrogen-bond acceptors (Lipinski definition) is 4. The molecule has 1 aromatic rings. The minimum absolute atomic E-state index is 0.484. The van der Waals surface area contributed by atoms with Gasteiger partial charge in [0.1, 0.15) is 17.2 Å². The van der Waals surface area contributed by atoms with Crippen molar-refractivity contribution in [3.63, 3.8) is 0 Å². The van der Waals surface area contributed by atoms with Gasteiger partial charge in [0.2, 0.25) is 0 Å². The van der Waals surface area contributed by atoms with E-state index in [-0.39, 0.29) is 0 Å². The third-order valence-corrected chi connectivity index (χ3v) is 3.97. The molecular formula is C15H23N3O2S. The standard InChI is InChI=1S/C15H23N3O2S/c1-5-6-9-18-14(21)16-15(2,17-18)12-8-7-11(19-3)10-13(12)20-4/h7-8,10,17H,5-6,9H2,1-4H3,(H,16,21)/t15-/m0/s1. The first-order valence-electron chi connectivity index (χ1n) is 7.14. The molecule has 0 radical (unpaired) electrons. The fourth-order valence-corrected chi connectivity index (χ4v) is 2.78. The predicted octanol–water partition coefficient (Wildman–Crippen LogP) is 2.37. The van der Waals surface area contributed by atoms with Crippen LogP contribution < -0.4 is 20.2 Å². The van der Waals surface area contributed by atoms with Crippen molar-refractivity contribution < 1.29 is 9.47 Å². The normalized spacial score (nSPS) is 21.3. The van der Waals surface area contributed by atoms with Crippen LogP contribution >= 0.6 is 12.2 Å². The van der Waals surface area contributed by atoms with Gasteiger partial charge in [0.05, 0.1) is 14.2 Å². The minimum Gasteiger partial charge on any atom is -0.497 e. The van der Waals surface area contributed by atoms with E-state index in [2.05, 4.69) is 24.6 Å². The Morgan fingerprint density at radius 3 is 2.67 bits per heavy atom. The number of hydrazine groups is 1. The third-order valence-electron chi connectivity index (χ3n) is 3.64. The van der Waals surface area contributed by atoms with Crippen LogP contribution in [-0.2, 0) is 5.66 Å². The summed E-state index contributed by atoms with van der Waals surface area (Å²) in [6.07, 6.45) is 2.22. The maximum atomic E-state index is 5.50. The lowest BCUT2D eigenvalue weighted by atomic mass is 10.0. The predicted molar refractivity (Wildman–Crippen MR) is 87.4 cm³/mol. The summed E-state index contributed by atoms with van der Waals surface area (Å²) < 4.78 is 10.7. The van der Waals surface area contributed by atoms with Crippen molar-refractivity contribution in [2.45, 2.75) is 32.4 Å². The second-order valence-corrected chi connectivity index (χ2v) is 5.63. The van der Waals surface area contributed by atoms with Gasteiger partial charge in [-0.05, 0) is 37.7 Å². The highest BCUT2D eigenvalue weighted by Gasteiger charge is 2.39. The van der Waals surface area contributed by atoms with Gasteiger partial charge in [-0.2, -0.15) is 0 Å². The van der Waals surface area contributed by atoms with Crippen LogP contribution in [-0.4, -0.2) is 30.9 Å². The average Bonchev–Trinajstić information content (AvgIpc) is 2.79. The van der Waals surface area contributed by atoms with Crippen molar-refractivity contribution in [3.8, 4) is 11.5 Å². The van der Waals surface area contributed by atoms with Gasteiger partial charge in [-0.15, -0.1) is 0 Å². The summed E-state index contributed by atoms with van der Waals surface area (Å²) >= 11 is 5.42. The van der Waals surface area contributed by atoms with Gasteiger partial charge in [-0.1, -0.05) is 13.3 Å². The number of ether oxygens (including phenoxy) is 2. The molecule has 2 rings (SSSR count).